The maximum atomic E-state index is 13.7. The lowest BCUT2D eigenvalue weighted by Crippen LogP contribution is -2.58. The first-order chi connectivity index (χ1) is 18.5. The van der Waals surface area contributed by atoms with Crippen LogP contribution in [0.5, 0.6) is 11.5 Å². The van der Waals surface area contributed by atoms with Gasteiger partial charge in [-0.05, 0) is 49.2 Å². The number of esters is 1. The van der Waals surface area contributed by atoms with E-state index in [1.54, 1.807) is 18.4 Å². The molecule has 0 aliphatic carbocycles. The molecule has 3 atom stereocenters. The Bertz CT molecular complexity index is 1680. The van der Waals surface area contributed by atoms with Crippen LogP contribution in [0, 0.1) is 5.92 Å². The lowest BCUT2D eigenvalue weighted by Gasteiger charge is -2.44. The van der Waals surface area contributed by atoms with Crippen LogP contribution in [0.15, 0.2) is 88.6 Å². The van der Waals surface area contributed by atoms with Gasteiger partial charge in [0.15, 0.2) is 4.80 Å². The fraction of sp³-hybridized carbons (Fsp3) is 0.233. The highest BCUT2D eigenvalue weighted by Crippen LogP contribution is 2.47. The highest BCUT2D eigenvalue weighted by Gasteiger charge is 2.55. The van der Waals surface area contributed by atoms with Crippen LogP contribution in [0.2, 0.25) is 0 Å². The van der Waals surface area contributed by atoms with Gasteiger partial charge >= 0.3 is 5.97 Å². The van der Waals surface area contributed by atoms with Crippen LogP contribution in [-0.2, 0) is 16.1 Å². The summed E-state index contributed by atoms with van der Waals surface area (Å²) in [6, 6.07) is 24.5. The van der Waals surface area contributed by atoms with Crippen LogP contribution >= 0.6 is 11.3 Å². The Balaban J connectivity index is 1.38. The monoisotopic (exact) mass is 526 g/mol. The Kier molecular flexibility index (Phi) is 6.12. The molecule has 0 N–H and O–H groups in total. The van der Waals surface area contributed by atoms with Gasteiger partial charge in [-0.2, -0.15) is 0 Å². The van der Waals surface area contributed by atoms with E-state index in [2.05, 4.69) is 0 Å². The second-order valence-corrected chi connectivity index (χ2v) is 10.4. The number of hydrogen-bond donors (Lipinski definition) is 0. The molecule has 2 bridgehead atoms. The van der Waals surface area contributed by atoms with Crippen LogP contribution in [-0.4, -0.2) is 22.9 Å². The molecule has 8 heteroatoms. The van der Waals surface area contributed by atoms with E-state index in [1.807, 2.05) is 84.9 Å². The lowest BCUT2D eigenvalue weighted by molar-refractivity contribution is -0.160. The molecule has 38 heavy (non-hydrogen) atoms. The molecule has 192 valence electrons. The van der Waals surface area contributed by atoms with Crippen molar-refractivity contribution in [2.75, 3.05) is 6.61 Å². The average Bonchev–Trinajstić information content (AvgIpc) is 3.21. The highest BCUT2D eigenvalue weighted by molar-refractivity contribution is 7.07. The van der Waals surface area contributed by atoms with E-state index in [-0.39, 0.29) is 12.2 Å². The third-order valence-electron chi connectivity index (χ3n) is 6.85. The standard InChI is InChI=1S/C30H26N2O5S/c1-3-35-28(34)25-26-22-11-7-8-12-23(22)37-30(25,2)31-29-32(26)27(33)24(38-29)17-19-13-15-21(16-14-19)36-18-20-9-5-4-6-10-20/h4-17,25-26H,3,18H2,1-2H3/b24-17+/t25-,26+,30+/m1/s1. The van der Waals surface area contributed by atoms with Crippen LogP contribution < -0.4 is 24.4 Å². The van der Waals surface area contributed by atoms with Crippen molar-refractivity contribution in [1.82, 2.24) is 4.57 Å². The first kappa shape index (κ1) is 24.2. The van der Waals surface area contributed by atoms with Gasteiger partial charge in [-0.25, -0.2) is 4.99 Å². The molecule has 1 aromatic heterocycles. The summed E-state index contributed by atoms with van der Waals surface area (Å²) in [4.78, 5) is 32.2. The molecule has 0 fully saturated rings. The van der Waals surface area contributed by atoms with Gasteiger partial charge in [0.05, 0.1) is 17.2 Å². The number of benzene rings is 3. The number of aromatic nitrogens is 1. The molecule has 2 aliphatic heterocycles. The van der Waals surface area contributed by atoms with Crippen molar-refractivity contribution >= 4 is 23.4 Å². The van der Waals surface area contributed by atoms with E-state index in [9.17, 15) is 9.59 Å². The maximum Gasteiger partial charge on any atom is 0.317 e. The van der Waals surface area contributed by atoms with Crippen molar-refractivity contribution in [1.29, 1.82) is 0 Å². The summed E-state index contributed by atoms with van der Waals surface area (Å²) in [5, 5.41) is 0. The van der Waals surface area contributed by atoms with E-state index in [0.717, 1.165) is 22.4 Å². The highest BCUT2D eigenvalue weighted by atomic mass is 32.1. The molecule has 0 saturated carbocycles. The number of rotatable bonds is 6. The van der Waals surface area contributed by atoms with Gasteiger partial charge in [0.25, 0.3) is 5.56 Å². The largest absolute Gasteiger partial charge is 0.489 e. The van der Waals surface area contributed by atoms with Crippen molar-refractivity contribution < 1.29 is 19.0 Å². The van der Waals surface area contributed by atoms with E-state index in [0.29, 0.717) is 21.7 Å². The molecular formula is C30H26N2O5S. The van der Waals surface area contributed by atoms with Gasteiger partial charge in [-0.15, -0.1) is 0 Å². The zero-order chi connectivity index (χ0) is 26.3. The van der Waals surface area contributed by atoms with Crippen LogP contribution in [0.1, 0.15) is 36.6 Å². The predicted molar refractivity (Wildman–Crippen MR) is 144 cm³/mol. The SMILES string of the molecule is CCOC(=O)[C@H]1[C@@H]2c3ccccc3O[C@]1(C)N=c1s/c(=C/c3ccc(OCc4ccccc4)cc3)c(=O)n12. The second kappa shape index (κ2) is 9.61. The first-order valence-corrected chi connectivity index (χ1v) is 13.3. The molecule has 4 aromatic rings. The Hall–Kier alpha value is -4.17. The minimum Gasteiger partial charge on any atom is -0.489 e. The summed E-state index contributed by atoms with van der Waals surface area (Å²) in [7, 11) is 0. The Morgan fingerprint density at radius 2 is 1.82 bits per heavy atom. The smallest absolute Gasteiger partial charge is 0.317 e. The molecule has 3 aromatic carbocycles. The molecule has 0 amide bonds. The summed E-state index contributed by atoms with van der Waals surface area (Å²) >= 11 is 1.29. The van der Waals surface area contributed by atoms with Gasteiger partial charge < -0.3 is 14.2 Å². The normalized spacial score (nSPS) is 21.5. The van der Waals surface area contributed by atoms with E-state index in [1.165, 1.54) is 11.3 Å². The lowest BCUT2D eigenvalue weighted by atomic mass is 9.81. The van der Waals surface area contributed by atoms with Crippen molar-refractivity contribution in [3.63, 3.8) is 0 Å². The van der Waals surface area contributed by atoms with E-state index < -0.39 is 23.7 Å². The zero-order valence-electron chi connectivity index (χ0n) is 21.0. The summed E-state index contributed by atoms with van der Waals surface area (Å²) in [5.74, 6) is 0.144. The fourth-order valence-corrected chi connectivity index (χ4v) is 6.19. The van der Waals surface area contributed by atoms with Crippen LogP contribution in [0.3, 0.4) is 0 Å². The van der Waals surface area contributed by atoms with E-state index >= 15 is 0 Å². The van der Waals surface area contributed by atoms with Gasteiger partial charge in [0.2, 0.25) is 5.72 Å². The molecule has 0 unspecified atom stereocenters. The Morgan fingerprint density at radius 1 is 1.08 bits per heavy atom. The Morgan fingerprint density at radius 3 is 2.58 bits per heavy atom. The number of carbonyl (C=O) groups excluding carboxylic acids is 1. The molecular weight excluding hydrogens is 500 g/mol. The summed E-state index contributed by atoms with van der Waals surface area (Å²) in [5.41, 5.74) is 1.34. The van der Waals surface area contributed by atoms with Crippen molar-refractivity contribution in [2.45, 2.75) is 32.2 Å². The Labute approximate surface area is 223 Å². The van der Waals surface area contributed by atoms with Crippen molar-refractivity contribution in [3.05, 3.63) is 115 Å². The second-order valence-electron chi connectivity index (χ2n) is 9.39. The quantitative estimate of drug-likeness (QED) is 0.357. The number of nitrogens with zero attached hydrogens (tertiary/aromatic N) is 2. The molecule has 0 saturated heterocycles. The average molecular weight is 527 g/mol. The van der Waals surface area contributed by atoms with Crippen LogP contribution in [0.4, 0.5) is 0 Å². The number of ether oxygens (including phenoxy) is 3. The van der Waals surface area contributed by atoms with Crippen molar-refractivity contribution in [3.8, 4) is 11.5 Å². The number of para-hydroxylation sites is 1. The molecule has 2 aliphatic rings. The first-order valence-electron chi connectivity index (χ1n) is 12.5. The summed E-state index contributed by atoms with van der Waals surface area (Å²) in [6.07, 6.45) is 1.84. The fourth-order valence-electron chi connectivity index (χ4n) is 5.09. The van der Waals surface area contributed by atoms with Gasteiger partial charge in [-0.1, -0.05) is 72.0 Å². The number of carbonyl (C=O) groups is 1. The third-order valence-corrected chi connectivity index (χ3v) is 7.83. The molecule has 0 radical (unpaired) electrons. The molecule has 6 rings (SSSR count). The topological polar surface area (TPSA) is 79.1 Å². The molecule has 7 nitrogen and oxygen atoms in total. The number of fused-ring (bicyclic) bond motifs is 6. The van der Waals surface area contributed by atoms with Crippen LogP contribution in [0.25, 0.3) is 6.08 Å². The number of thiazole rings is 1. The van der Waals surface area contributed by atoms with Gasteiger partial charge in [-0.3, -0.25) is 14.2 Å². The molecule has 0 spiro atoms. The van der Waals surface area contributed by atoms with E-state index in [4.69, 9.17) is 19.2 Å². The zero-order valence-corrected chi connectivity index (χ0v) is 21.8. The number of hydrogen-bond acceptors (Lipinski definition) is 7. The maximum absolute atomic E-state index is 13.7. The third kappa shape index (κ3) is 4.20. The molecule has 3 heterocycles. The summed E-state index contributed by atoms with van der Waals surface area (Å²) < 4.78 is 19.7. The van der Waals surface area contributed by atoms with Crippen molar-refractivity contribution in [2.24, 2.45) is 10.9 Å². The van der Waals surface area contributed by atoms with Gasteiger partial charge in [0, 0.05) is 5.56 Å². The minimum absolute atomic E-state index is 0.198. The minimum atomic E-state index is -1.18. The predicted octanol–water partition coefficient (Wildman–Crippen LogP) is 3.83. The van der Waals surface area contributed by atoms with Gasteiger partial charge in [0.1, 0.15) is 24.0 Å². The summed E-state index contributed by atoms with van der Waals surface area (Å²) in [6.45, 7) is 4.26.